The van der Waals surface area contributed by atoms with E-state index in [0.717, 1.165) is 21.1 Å². The molecular formula is C21H19BrFNO4S. The predicted octanol–water partition coefficient (Wildman–Crippen LogP) is 5.62. The lowest BCUT2D eigenvalue weighted by molar-refractivity contribution is -0.123. The third-order valence-corrected chi connectivity index (χ3v) is 5.67. The monoisotopic (exact) mass is 479 g/mol. The van der Waals surface area contributed by atoms with E-state index >= 15 is 0 Å². The summed E-state index contributed by atoms with van der Waals surface area (Å²) in [6.07, 6.45) is 1.65. The van der Waals surface area contributed by atoms with Crippen LogP contribution in [0, 0.1) is 5.82 Å². The van der Waals surface area contributed by atoms with E-state index < -0.39 is 0 Å². The summed E-state index contributed by atoms with van der Waals surface area (Å²) >= 11 is 4.36. The van der Waals surface area contributed by atoms with E-state index in [0.29, 0.717) is 40.7 Å². The summed E-state index contributed by atoms with van der Waals surface area (Å²) in [5.74, 6) is 0.411. The summed E-state index contributed by atoms with van der Waals surface area (Å²) in [4.78, 5) is 26.6. The van der Waals surface area contributed by atoms with Crippen molar-refractivity contribution in [1.29, 1.82) is 0 Å². The van der Waals surface area contributed by atoms with Crippen LogP contribution in [-0.2, 0) is 11.3 Å². The molecule has 0 atom stereocenters. The van der Waals surface area contributed by atoms with Gasteiger partial charge in [-0.15, -0.1) is 0 Å². The van der Waals surface area contributed by atoms with Crippen LogP contribution in [-0.4, -0.2) is 29.3 Å². The van der Waals surface area contributed by atoms with Crippen molar-refractivity contribution in [3.8, 4) is 11.5 Å². The average Bonchev–Trinajstić information content (AvgIpc) is 2.95. The van der Waals surface area contributed by atoms with Gasteiger partial charge in [-0.05, 0) is 67.1 Å². The Hall–Kier alpha value is -2.32. The summed E-state index contributed by atoms with van der Waals surface area (Å²) in [6.45, 7) is 4.81. The van der Waals surface area contributed by atoms with E-state index in [1.165, 1.54) is 12.1 Å². The highest BCUT2D eigenvalue weighted by atomic mass is 79.9. The summed E-state index contributed by atoms with van der Waals surface area (Å²) in [6, 6.07) is 9.27. The van der Waals surface area contributed by atoms with Gasteiger partial charge in [0.25, 0.3) is 11.1 Å². The maximum Gasteiger partial charge on any atom is 0.293 e. The van der Waals surface area contributed by atoms with Crippen molar-refractivity contribution in [2.45, 2.75) is 20.4 Å². The molecule has 0 spiro atoms. The van der Waals surface area contributed by atoms with Crippen LogP contribution in [0.2, 0.25) is 0 Å². The Morgan fingerprint density at radius 3 is 2.31 bits per heavy atom. The lowest BCUT2D eigenvalue weighted by Crippen LogP contribution is -2.27. The third-order valence-electron chi connectivity index (χ3n) is 4.08. The number of ether oxygens (including phenoxy) is 2. The first-order chi connectivity index (χ1) is 13.9. The topological polar surface area (TPSA) is 55.8 Å². The molecule has 1 aliphatic heterocycles. The van der Waals surface area contributed by atoms with Crippen molar-refractivity contribution in [3.63, 3.8) is 0 Å². The van der Waals surface area contributed by atoms with Gasteiger partial charge in [0.15, 0.2) is 11.5 Å². The number of benzene rings is 2. The predicted molar refractivity (Wildman–Crippen MR) is 114 cm³/mol. The number of hydrogen-bond acceptors (Lipinski definition) is 5. The number of halogens is 2. The van der Waals surface area contributed by atoms with Crippen LogP contribution in [0.3, 0.4) is 0 Å². The van der Waals surface area contributed by atoms with E-state index in [1.807, 2.05) is 13.8 Å². The molecule has 2 aromatic carbocycles. The minimum Gasteiger partial charge on any atom is -0.490 e. The van der Waals surface area contributed by atoms with Crippen molar-refractivity contribution in [2.24, 2.45) is 0 Å². The SMILES string of the molecule is CCOc1cc(Br)c(/C=C2\SC(=O)N(Cc3ccc(F)cc3)C2=O)cc1OCC. The van der Waals surface area contributed by atoms with Crippen LogP contribution in [0.25, 0.3) is 6.08 Å². The third kappa shape index (κ3) is 5.00. The van der Waals surface area contributed by atoms with Gasteiger partial charge in [-0.2, -0.15) is 0 Å². The number of carbonyl (C=O) groups is 2. The van der Waals surface area contributed by atoms with Crippen molar-refractivity contribution < 1.29 is 23.5 Å². The molecule has 8 heteroatoms. The number of nitrogens with zero attached hydrogens (tertiary/aromatic N) is 1. The van der Waals surface area contributed by atoms with Crippen molar-refractivity contribution in [3.05, 3.63) is 62.7 Å². The zero-order valence-corrected chi connectivity index (χ0v) is 18.3. The van der Waals surface area contributed by atoms with Crippen LogP contribution >= 0.6 is 27.7 Å². The Morgan fingerprint density at radius 1 is 1.07 bits per heavy atom. The first-order valence-corrected chi connectivity index (χ1v) is 10.6. The van der Waals surface area contributed by atoms with Crippen LogP contribution < -0.4 is 9.47 Å². The van der Waals surface area contributed by atoms with E-state index in [9.17, 15) is 14.0 Å². The quantitative estimate of drug-likeness (QED) is 0.482. The second kappa shape index (κ2) is 9.45. The van der Waals surface area contributed by atoms with E-state index in [2.05, 4.69) is 15.9 Å². The van der Waals surface area contributed by atoms with E-state index in [-0.39, 0.29) is 23.5 Å². The Balaban J connectivity index is 1.86. The zero-order chi connectivity index (χ0) is 21.0. The van der Waals surface area contributed by atoms with Crippen LogP contribution in [0.15, 0.2) is 45.8 Å². The molecule has 5 nitrogen and oxygen atoms in total. The van der Waals surface area contributed by atoms with E-state index in [1.54, 1.807) is 30.3 Å². The fourth-order valence-corrected chi connectivity index (χ4v) is 4.01. The molecule has 1 aliphatic rings. The normalized spacial score (nSPS) is 15.3. The molecule has 0 bridgehead atoms. The van der Waals surface area contributed by atoms with Crippen LogP contribution in [0.1, 0.15) is 25.0 Å². The standard InChI is InChI=1S/C21H19BrFNO4S/c1-3-27-17-9-14(16(22)11-18(17)28-4-2)10-19-20(25)24(21(26)29-19)12-13-5-7-15(23)8-6-13/h5-11H,3-4,12H2,1-2H3/b19-10-. The van der Waals surface area contributed by atoms with E-state index in [4.69, 9.17) is 9.47 Å². The summed E-state index contributed by atoms with van der Waals surface area (Å²) in [5, 5.41) is -0.363. The number of imide groups is 1. The lowest BCUT2D eigenvalue weighted by atomic mass is 10.1. The van der Waals surface area contributed by atoms with Crippen LogP contribution in [0.5, 0.6) is 11.5 Å². The highest BCUT2D eigenvalue weighted by Crippen LogP contribution is 2.38. The molecule has 1 fully saturated rings. The summed E-state index contributed by atoms with van der Waals surface area (Å²) in [5.41, 5.74) is 1.38. The first kappa shape index (κ1) is 21.4. The number of hydrogen-bond donors (Lipinski definition) is 0. The lowest BCUT2D eigenvalue weighted by Gasteiger charge is -2.13. The molecule has 1 saturated heterocycles. The van der Waals surface area contributed by atoms with Crippen molar-refractivity contribution >= 4 is 44.9 Å². The Morgan fingerprint density at radius 2 is 1.69 bits per heavy atom. The molecule has 152 valence electrons. The molecule has 0 radical (unpaired) electrons. The summed E-state index contributed by atoms with van der Waals surface area (Å²) < 4.78 is 25.0. The zero-order valence-electron chi connectivity index (χ0n) is 15.9. The van der Waals surface area contributed by atoms with Crippen molar-refractivity contribution in [1.82, 2.24) is 4.90 Å². The second-order valence-corrected chi connectivity index (χ2v) is 7.93. The maximum atomic E-state index is 13.1. The van der Waals surface area contributed by atoms with Gasteiger partial charge in [-0.25, -0.2) is 4.39 Å². The van der Waals surface area contributed by atoms with Gasteiger partial charge >= 0.3 is 0 Å². The molecule has 0 aromatic heterocycles. The molecular weight excluding hydrogens is 461 g/mol. The molecule has 0 N–H and O–H groups in total. The average molecular weight is 480 g/mol. The van der Waals surface area contributed by atoms with Gasteiger partial charge in [0.2, 0.25) is 0 Å². The molecule has 2 amide bonds. The Kier molecular flexibility index (Phi) is 6.97. The molecule has 3 rings (SSSR count). The number of thioether (sulfide) groups is 1. The Labute approximate surface area is 181 Å². The van der Waals surface area contributed by atoms with Gasteiger partial charge in [0, 0.05) is 4.47 Å². The molecule has 0 saturated carbocycles. The van der Waals surface area contributed by atoms with Crippen LogP contribution in [0.4, 0.5) is 9.18 Å². The summed E-state index contributed by atoms with van der Waals surface area (Å²) in [7, 11) is 0. The Bertz CT molecular complexity index is 962. The molecule has 0 unspecified atom stereocenters. The molecule has 29 heavy (non-hydrogen) atoms. The molecule has 0 aliphatic carbocycles. The first-order valence-electron chi connectivity index (χ1n) is 9.01. The fourth-order valence-electron chi connectivity index (χ4n) is 2.75. The smallest absolute Gasteiger partial charge is 0.293 e. The van der Waals surface area contributed by atoms with Gasteiger partial charge in [0.1, 0.15) is 5.82 Å². The maximum absolute atomic E-state index is 13.1. The number of amides is 2. The van der Waals surface area contributed by atoms with Gasteiger partial charge in [-0.3, -0.25) is 14.5 Å². The molecule has 1 heterocycles. The highest BCUT2D eigenvalue weighted by molar-refractivity contribution is 9.10. The largest absolute Gasteiger partial charge is 0.490 e. The highest BCUT2D eigenvalue weighted by Gasteiger charge is 2.35. The minimum absolute atomic E-state index is 0.0942. The number of carbonyl (C=O) groups excluding carboxylic acids is 2. The van der Waals surface area contributed by atoms with Crippen molar-refractivity contribution in [2.75, 3.05) is 13.2 Å². The van der Waals surface area contributed by atoms with Gasteiger partial charge in [0.05, 0.1) is 24.7 Å². The fraction of sp³-hybridized carbons (Fsp3) is 0.238. The number of rotatable bonds is 7. The van der Waals surface area contributed by atoms with Gasteiger partial charge in [-0.1, -0.05) is 28.1 Å². The minimum atomic E-state index is -0.386. The molecule has 2 aromatic rings. The second-order valence-electron chi connectivity index (χ2n) is 6.08. The van der Waals surface area contributed by atoms with Gasteiger partial charge < -0.3 is 9.47 Å².